The van der Waals surface area contributed by atoms with Gasteiger partial charge in [-0.3, -0.25) is 5.43 Å². The van der Waals surface area contributed by atoms with E-state index in [1.54, 1.807) is 11.3 Å². The zero-order valence-corrected chi connectivity index (χ0v) is 11.1. The minimum Gasteiger partial charge on any atom is -0.253 e. The summed E-state index contributed by atoms with van der Waals surface area (Å²) in [6, 6.07) is 8.41. The minimum absolute atomic E-state index is 0.689. The monoisotopic (exact) mass is 257 g/mol. The van der Waals surface area contributed by atoms with Gasteiger partial charge in [0.25, 0.3) is 0 Å². The molecule has 0 aliphatic heterocycles. The number of thiazole rings is 1. The van der Waals surface area contributed by atoms with E-state index in [9.17, 15) is 0 Å². The molecular weight excluding hydrogens is 242 g/mol. The average molecular weight is 257 g/mol. The average Bonchev–Trinajstić information content (AvgIpc) is 3.08. The maximum Gasteiger partial charge on any atom is 0.203 e. The van der Waals surface area contributed by atoms with Crippen LogP contribution in [-0.4, -0.2) is 11.2 Å². The Kier molecular flexibility index (Phi) is 3.11. The number of hydrazone groups is 1. The van der Waals surface area contributed by atoms with Crippen molar-refractivity contribution in [1.82, 2.24) is 4.98 Å². The Bertz CT molecular complexity index is 553. The standard InChI is InChI=1S/C14H15N3S/c1-10-2-6-12(7-3-10)13-9-18-14(16-13)17-15-8-11-4-5-11/h2-3,6-9,11H,4-5H2,1H3,(H,16,17)/b15-8+. The van der Waals surface area contributed by atoms with E-state index in [-0.39, 0.29) is 0 Å². The summed E-state index contributed by atoms with van der Waals surface area (Å²) in [7, 11) is 0. The number of nitrogens with zero attached hydrogens (tertiary/aromatic N) is 2. The maximum atomic E-state index is 4.52. The van der Waals surface area contributed by atoms with Gasteiger partial charge in [-0.15, -0.1) is 11.3 Å². The van der Waals surface area contributed by atoms with Crippen LogP contribution in [0.1, 0.15) is 18.4 Å². The van der Waals surface area contributed by atoms with Crippen molar-refractivity contribution in [3.63, 3.8) is 0 Å². The van der Waals surface area contributed by atoms with Gasteiger partial charge in [-0.1, -0.05) is 29.8 Å². The van der Waals surface area contributed by atoms with Gasteiger partial charge in [0.15, 0.2) is 0 Å². The molecule has 1 saturated carbocycles. The van der Waals surface area contributed by atoms with Crippen LogP contribution in [0, 0.1) is 12.8 Å². The molecule has 1 aliphatic carbocycles. The van der Waals surface area contributed by atoms with Crippen molar-refractivity contribution >= 4 is 22.7 Å². The SMILES string of the molecule is Cc1ccc(-c2csc(N/N=C/C3CC3)n2)cc1. The first-order valence-electron chi connectivity index (χ1n) is 6.13. The number of rotatable bonds is 4. The largest absolute Gasteiger partial charge is 0.253 e. The number of hydrogen-bond donors (Lipinski definition) is 1. The lowest BCUT2D eigenvalue weighted by Crippen LogP contribution is -1.89. The molecule has 1 heterocycles. The molecule has 0 saturated heterocycles. The van der Waals surface area contributed by atoms with E-state index in [1.165, 1.54) is 18.4 Å². The summed E-state index contributed by atoms with van der Waals surface area (Å²) < 4.78 is 0. The summed E-state index contributed by atoms with van der Waals surface area (Å²) in [5, 5.41) is 7.10. The first-order valence-corrected chi connectivity index (χ1v) is 7.01. The highest BCUT2D eigenvalue weighted by Gasteiger charge is 2.18. The summed E-state index contributed by atoms with van der Waals surface area (Å²) in [5.41, 5.74) is 6.41. The molecule has 0 atom stereocenters. The zero-order valence-electron chi connectivity index (χ0n) is 10.3. The second-order valence-corrected chi connectivity index (χ2v) is 5.49. The highest BCUT2D eigenvalue weighted by Crippen LogP contribution is 2.27. The van der Waals surface area contributed by atoms with Crippen LogP contribution >= 0.6 is 11.3 Å². The molecule has 1 aliphatic rings. The Morgan fingerprint density at radius 3 is 2.83 bits per heavy atom. The number of nitrogens with one attached hydrogen (secondary N) is 1. The molecule has 0 spiro atoms. The molecule has 0 radical (unpaired) electrons. The van der Waals surface area contributed by atoms with Gasteiger partial charge in [0, 0.05) is 17.2 Å². The molecule has 1 N–H and O–H groups in total. The number of aryl methyl sites for hydroxylation is 1. The van der Waals surface area contributed by atoms with Crippen molar-refractivity contribution in [3.8, 4) is 11.3 Å². The fourth-order valence-corrected chi connectivity index (χ4v) is 2.29. The topological polar surface area (TPSA) is 37.3 Å². The highest BCUT2D eigenvalue weighted by molar-refractivity contribution is 7.14. The maximum absolute atomic E-state index is 4.52. The van der Waals surface area contributed by atoms with Gasteiger partial charge in [-0.05, 0) is 25.7 Å². The van der Waals surface area contributed by atoms with Gasteiger partial charge < -0.3 is 0 Å². The summed E-state index contributed by atoms with van der Waals surface area (Å²) >= 11 is 1.58. The lowest BCUT2D eigenvalue weighted by atomic mass is 10.1. The predicted molar refractivity (Wildman–Crippen MR) is 77.1 cm³/mol. The van der Waals surface area contributed by atoms with Crippen LogP contribution in [0.4, 0.5) is 5.13 Å². The number of aromatic nitrogens is 1. The molecule has 0 bridgehead atoms. The van der Waals surface area contributed by atoms with Crippen LogP contribution in [0.5, 0.6) is 0 Å². The molecule has 0 amide bonds. The first kappa shape index (κ1) is 11.4. The summed E-state index contributed by atoms with van der Waals surface area (Å²) in [5.74, 6) is 0.689. The first-order chi connectivity index (χ1) is 8.81. The van der Waals surface area contributed by atoms with Gasteiger partial charge in [0.1, 0.15) is 0 Å². The molecule has 3 rings (SSSR count). The molecule has 1 aromatic heterocycles. The third-order valence-corrected chi connectivity index (χ3v) is 3.67. The molecule has 92 valence electrons. The summed E-state index contributed by atoms with van der Waals surface area (Å²) in [4.78, 5) is 4.52. The summed E-state index contributed by atoms with van der Waals surface area (Å²) in [6.07, 6.45) is 4.53. The minimum atomic E-state index is 0.689. The van der Waals surface area contributed by atoms with Gasteiger partial charge in [0.05, 0.1) is 5.69 Å². The van der Waals surface area contributed by atoms with E-state index >= 15 is 0 Å². The van der Waals surface area contributed by atoms with Crippen LogP contribution in [0.15, 0.2) is 34.7 Å². The van der Waals surface area contributed by atoms with Crippen LogP contribution in [-0.2, 0) is 0 Å². The Morgan fingerprint density at radius 1 is 1.33 bits per heavy atom. The Labute approximate surface area is 111 Å². The van der Waals surface area contributed by atoms with Crippen molar-refractivity contribution in [3.05, 3.63) is 35.2 Å². The van der Waals surface area contributed by atoms with E-state index in [0.717, 1.165) is 16.4 Å². The predicted octanol–water partition coefficient (Wildman–Crippen LogP) is 3.93. The van der Waals surface area contributed by atoms with Crippen LogP contribution < -0.4 is 5.43 Å². The van der Waals surface area contributed by atoms with E-state index < -0.39 is 0 Å². The molecule has 18 heavy (non-hydrogen) atoms. The molecule has 2 aromatic rings. The molecule has 0 unspecified atom stereocenters. The van der Waals surface area contributed by atoms with E-state index in [4.69, 9.17) is 0 Å². The molecule has 1 fully saturated rings. The molecule has 3 nitrogen and oxygen atoms in total. The molecular formula is C14H15N3S. The third kappa shape index (κ3) is 2.76. The van der Waals surface area contributed by atoms with Crippen LogP contribution in [0.25, 0.3) is 11.3 Å². The van der Waals surface area contributed by atoms with E-state index in [0.29, 0.717) is 5.92 Å². The van der Waals surface area contributed by atoms with Crippen LogP contribution in [0.3, 0.4) is 0 Å². The lowest BCUT2D eigenvalue weighted by Gasteiger charge is -1.97. The van der Waals surface area contributed by atoms with E-state index in [1.807, 2.05) is 6.21 Å². The van der Waals surface area contributed by atoms with Gasteiger partial charge >= 0.3 is 0 Å². The Hall–Kier alpha value is -1.68. The van der Waals surface area contributed by atoms with Gasteiger partial charge in [-0.25, -0.2) is 4.98 Å². The number of anilines is 1. The lowest BCUT2D eigenvalue weighted by molar-refractivity contribution is 1.19. The fraction of sp³-hybridized carbons (Fsp3) is 0.286. The van der Waals surface area contributed by atoms with Crippen molar-refractivity contribution in [2.24, 2.45) is 11.0 Å². The zero-order chi connectivity index (χ0) is 12.4. The smallest absolute Gasteiger partial charge is 0.203 e. The van der Waals surface area contributed by atoms with Crippen molar-refractivity contribution < 1.29 is 0 Å². The van der Waals surface area contributed by atoms with Crippen molar-refractivity contribution in [2.45, 2.75) is 19.8 Å². The van der Waals surface area contributed by atoms with Crippen molar-refractivity contribution in [2.75, 3.05) is 5.43 Å². The fourth-order valence-electron chi connectivity index (χ4n) is 1.63. The second-order valence-electron chi connectivity index (χ2n) is 4.63. The molecule has 1 aromatic carbocycles. The normalized spacial score (nSPS) is 15.2. The van der Waals surface area contributed by atoms with Crippen molar-refractivity contribution in [1.29, 1.82) is 0 Å². The van der Waals surface area contributed by atoms with E-state index in [2.05, 4.69) is 52.1 Å². The summed E-state index contributed by atoms with van der Waals surface area (Å²) in [6.45, 7) is 2.09. The second kappa shape index (κ2) is 4.90. The number of benzene rings is 1. The number of hydrogen-bond acceptors (Lipinski definition) is 4. The molecule has 4 heteroatoms. The quantitative estimate of drug-likeness (QED) is 0.665. The van der Waals surface area contributed by atoms with Crippen LogP contribution in [0.2, 0.25) is 0 Å². The van der Waals surface area contributed by atoms with Gasteiger partial charge in [-0.2, -0.15) is 5.10 Å². The highest BCUT2D eigenvalue weighted by atomic mass is 32.1. The van der Waals surface area contributed by atoms with Gasteiger partial charge in [0.2, 0.25) is 5.13 Å². The Morgan fingerprint density at radius 2 is 2.11 bits per heavy atom. The Balaban J connectivity index is 1.70. The third-order valence-electron chi connectivity index (χ3n) is 2.92.